The van der Waals surface area contributed by atoms with Crippen LogP contribution < -0.4 is 0 Å². The van der Waals surface area contributed by atoms with Crippen LogP contribution in [0.15, 0.2) is 42.6 Å². The van der Waals surface area contributed by atoms with E-state index in [0.717, 1.165) is 25.1 Å². The molecule has 0 saturated heterocycles. The van der Waals surface area contributed by atoms with Crippen molar-refractivity contribution in [3.63, 3.8) is 0 Å². The van der Waals surface area contributed by atoms with Gasteiger partial charge in [0, 0.05) is 37.4 Å². The maximum absolute atomic E-state index is 13.3. The number of carbonyl (C=O) groups excluding carboxylic acids is 2. The predicted octanol–water partition coefficient (Wildman–Crippen LogP) is 5.11. The maximum Gasteiger partial charge on any atom is 0.242 e. The van der Waals surface area contributed by atoms with Gasteiger partial charge in [-0.3, -0.25) is 9.59 Å². The molecule has 0 aliphatic rings. The number of aromatic nitrogens is 1. The zero-order chi connectivity index (χ0) is 23.7. The van der Waals surface area contributed by atoms with Gasteiger partial charge in [0.25, 0.3) is 0 Å². The SMILES string of the molecule is CCCCN(Cc1cccn1Cc1cccc(C)c1)C(=O)CN(CC(C)C)C(=O)C(C)C. The highest BCUT2D eigenvalue weighted by Crippen LogP contribution is 2.14. The fraction of sp³-hybridized carbons (Fsp3) is 0.556. The molecular weight excluding hydrogens is 398 g/mol. The lowest BCUT2D eigenvalue weighted by Gasteiger charge is -2.30. The number of hydrogen-bond donors (Lipinski definition) is 0. The zero-order valence-electron chi connectivity index (χ0n) is 20.8. The van der Waals surface area contributed by atoms with Crippen molar-refractivity contribution in [1.29, 1.82) is 0 Å². The van der Waals surface area contributed by atoms with Gasteiger partial charge in [-0.25, -0.2) is 0 Å². The van der Waals surface area contributed by atoms with E-state index in [2.05, 4.69) is 68.8 Å². The van der Waals surface area contributed by atoms with Crippen molar-refractivity contribution in [1.82, 2.24) is 14.4 Å². The molecule has 0 bridgehead atoms. The van der Waals surface area contributed by atoms with Gasteiger partial charge in [0.1, 0.15) is 0 Å². The Morgan fingerprint density at radius 1 is 1.03 bits per heavy atom. The van der Waals surface area contributed by atoms with Gasteiger partial charge in [0.05, 0.1) is 13.1 Å². The molecule has 5 nitrogen and oxygen atoms in total. The summed E-state index contributed by atoms with van der Waals surface area (Å²) in [4.78, 5) is 29.7. The molecule has 0 fully saturated rings. The number of unbranched alkanes of at least 4 members (excludes halogenated alkanes) is 1. The van der Waals surface area contributed by atoms with Crippen molar-refractivity contribution in [3.05, 3.63) is 59.4 Å². The van der Waals surface area contributed by atoms with Crippen molar-refractivity contribution in [2.45, 2.75) is 67.5 Å². The molecule has 0 N–H and O–H groups in total. The second kappa shape index (κ2) is 12.5. The van der Waals surface area contributed by atoms with Crippen molar-refractivity contribution in [2.24, 2.45) is 11.8 Å². The summed E-state index contributed by atoms with van der Waals surface area (Å²) in [5, 5.41) is 0. The Kier molecular flexibility index (Phi) is 10.0. The fourth-order valence-corrected chi connectivity index (χ4v) is 3.89. The molecule has 1 aromatic heterocycles. The van der Waals surface area contributed by atoms with E-state index in [1.807, 2.05) is 24.8 Å². The summed E-state index contributed by atoms with van der Waals surface area (Å²) in [5.41, 5.74) is 3.61. The molecule has 1 aromatic carbocycles. The summed E-state index contributed by atoms with van der Waals surface area (Å²) in [6, 6.07) is 12.7. The average Bonchev–Trinajstić information content (AvgIpc) is 3.16. The molecular formula is C27H41N3O2. The molecule has 176 valence electrons. The van der Waals surface area contributed by atoms with E-state index in [-0.39, 0.29) is 24.3 Å². The Morgan fingerprint density at radius 2 is 1.78 bits per heavy atom. The van der Waals surface area contributed by atoms with Crippen LogP contribution >= 0.6 is 0 Å². The minimum atomic E-state index is -0.114. The first-order valence-corrected chi connectivity index (χ1v) is 12.0. The highest BCUT2D eigenvalue weighted by Gasteiger charge is 2.24. The first kappa shape index (κ1) is 25.7. The van der Waals surface area contributed by atoms with Crippen LogP contribution in [0, 0.1) is 18.8 Å². The van der Waals surface area contributed by atoms with E-state index >= 15 is 0 Å². The molecule has 32 heavy (non-hydrogen) atoms. The molecule has 2 rings (SSSR count). The van der Waals surface area contributed by atoms with Gasteiger partial charge in [-0.1, -0.05) is 70.9 Å². The summed E-state index contributed by atoms with van der Waals surface area (Å²) >= 11 is 0. The smallest absolute Gasteiger partial charge is 0.242 e. The lowest BCUT2D eigenvalue weighted by Crippen LogP contribution is -2.45. The Morgan fingerprint density at radius 3 is 2.41 bits per heavy atom. The first-order chi connectivity index (χ1) is 15.2. The quantitative estimate of drug-likeness (QED) is 0.461. The van der Waals surface area contributed by atoms with Crippen LogP contribution in [-0.2, 0) is 22.7 Å². The van der Waals surface area contributed by atoms with Gasteiger partial charge in [0.2, 0.25) is 11.8 Å². The van der Waals surface area contributed by atoms with Gasteiger partial charge in [-0.15, -0.1) is 0 Å². The summed E-state index contributed by atoms with van der Waals surface area (Å²) in [6.45, 7) is 15.0. The predicted molar refractivity (Wildman–Crippen MR) is 131 cm³/mol. The van der Waals surface area contributed by atoms with E-state index in [4.69, 9.17) is 0 Å². The number of hydrogen-bond acceptors (Lipinski definition) is 2. The summed E-state index contributed by atoms with van der Waals surface area (Å²) in [5.74, 6) is 0.278. The largest absolute Gasteiger partial charge is 0.345 e. The first-order valence-electron chi connectivity index (χ1n) is 12.0. The van der Waals surface area contributed by atoms with Gasteiger partial charge >= 0.3 is 0 Å². The van der Waals surface area contributed by atoms with Crippen LogP contribution in [0.25, 0.3) is 0 Å². The van der Waals surface area contributed by atoms with Crippen LogP contribution in [0.4, 0.5) is 0 Å². The van der Waals surface area contributed by atoms with Crippen molar-refractivity contribution in [3.8, 4) is 0 Å². The number of nitrogens with zero attached hydrogens (tertiary/aromatic N) is 3. The van der Waals surface area contributed by atoms with Crippen LogP contribution in [0.5, 0.6) is 0 Å². The molecule has 2 aromatic rings. The van der Waals surface area contributed by atoms with Gasteiger partial charge in [0.15, 0.2) is 0 Å². The molecule has 0 atom stereocenters. The Bertz CT molecular complexity index is 869. The third-order valence-corrected chi connectivity index (χ3v) is 5.56. The number of aryl methyl sites for hydroxylation is 1. The standard InChI is InChI=1S/C27H41N3O2/c1-7-8-14-29(26(31)20-30(17-21(2)3)27(32)22(4)5)19-25-13-10-15-28(25)18-24-12-9-11-23(6)16-24/h9-13,15-16,21-22H,7-8,14,17-20H2,1-6H3. The molecule has 0 spiro atoms. The van der Waals surface area contributed by atoms with E-state index in [9.17, 15) is 9.59 Å². The second-order valence-electron chi connectivity index (χ2n) is 9.55. The van der Waals surface area contributed by atoms with Gasteiger partial charge in [-0.05, 0) is 37.0 Å². The van der Waals surface area contributed by atoms with Crippen molar-refractivity contribution >= 4 is 11.8 Å². The third kappa shape index (κ3) is 7.85. The summed E-state index contributed by atoms with van der Waals surface area (Å²) in [7, 11) is 0. The summed E-state index contributed by atoms with van der Waals surface area (Å²) in [6.07, 6.45) is 4.05. The zero-order valence-corrected chi connectivity index (χ0v) is 20.8. The van der Waals surface area contributed by atoms with E-state index in [0.29, 0.717) is 25.6 Å². The molecule has 0 saturated carbocycles. The number of benzene rings is 1. The molecule has 2 amide bonds. The second-order valence-corrected chi connectivity index (χ2v) is 9.55. The van der Waals surface area contributed by atoms with E-state index in [1.54, 1.807) is 4.90 Å². The van der Waals surface area contributed by atoms with Crippen molar-refractivity contribution in [2.75, 3.05) is 19.6 Å². The van der Waals surface area contributed by atoms with E-state index < -0.39 is 0 Å². The van der Waals surface area contributed by atoms with Crippen molar-refractivity contribution < 1.29 is 9.59 Å². The molecule has 5 heteroatoms. The minimum Gasteiger partial charge on any atom is -0.345 e. The Balaban J connectivity index is 2.16. The molecule has 0 aliphatic heterocycles. The molecule has 0 unspecified atom stereocenters. The minimum absolute atomic E-state index is 0.0244. The highest BCUT2D eigenvalue weighted by atomic mass is 16.2. The Labute approximate surface area is 194 Å². The number of amides is 2. The van der Waals surface area contributed by atoms with Crippen LogP contribution in [0.1, 0.15) is 64.3 Å². The lowest BCUT2D eigenvalue weighted by molar-refractivity contribution is -0.143. The average molecular weight is 440 g/mol. The topological polar surface area (TPSA) is 45.6 Å². The third-order valence-electron chi connectivity index (χ3n) is 5.56. The monoisotopic (exact) mass is 439 g/mol. The maximum atomic E-state index is 13.3. The van der Waals surface area contributed by atoms with E-state index in [1.165, 1.54) is 11.1 Å². The molecule has 1 heterocycles. The summed E-state index contributed by atoms with van der Waals surface area (Å²) < 4.78 is 2.21. The molecule has 0 aliphatic carbocycles. The Hall–Kier alpha value is -2.56. The van der Waals surface area contributed by atoms with Gasteiger partial charge in [-0.2, -0.15) is 0 Å². The molecule has 0 radical (unpaired) electrons. The van der Waals surface area contributed by atoms with Gasteiger partial charge < -0.3 is 14.4 Å². The van der Waals surface area contributed by atoms with Crippen LogP contribution in [0.2, 0.25) is 0 Å². The lowest BCUT2D eigenvalue weighted by atomic mass is 10.1. The normalized spacial score (nSPS) is 11.2. The number of rotatable bonds is 12. The fourth-order valence-electron chi connectivity index (χ4n) is 3.89. The van der Waals surface area contributed by atoms with Crippen LogP contribution in [0.3, 0.4) is 0 Å². The van der Waals surface area contributed by atoms with Crippen LogP contribution in [-0.4, -0.2) is 45.8 Å². The number of carbonyl (C=O) groups is 2. The highest BCUT2D eigenvalue weighted by molar-refractivity contribution is 5.85.